The van der Waals surface area contributed by atoms with Crippen LogP contribution in [0, 0.1) is 0 Å². The summed E-state index contributed by atoms with van der Waals surface area (Å²) in [6, 6.07) is 8.77. The molecule has 11 heteroatoms. The molecule has 2 aromatic heterocycles. The van der Waals surface area contributed by atoms with E-state index in [1.165, 1.54) is 11.3 Å². The average molecular weight is 538 g/mol. The van der Waals surface area contributed by atoms with Gasteiger partial charge in [0, 0.05) is 17.6 Å². The van der Waals surface area contributed by atoms with Gasteiger partial charge in [0.25, 0.3) is 0 Å². The van der Waals surface area contributed by atoms with Gasteiger partial charge in [-0.1, -0.05) is 23.7 Å². The molecule has 0 amide bonds. The van der Waals surface area contributed by atoms with Gasteiger partial charge in [-0.15, -0.1) is 11.3 Å². The van der Waals surface area contributed by atoms with Gasteiger partial charge in [-0.3, -0.25) is 0 Å². The highest BCUT2D eigenvalue weighted by atomic mass is 35.5. The number of hydrogen-bond donors (Lipinski definition) is 3. The van der Waals surface area contributed by atoms with Gasteiger partial charge < -0.3 is 33.9 Å². The van der Waals surface area contributed by atoms with Crippen LogP contribution in [0.2, 0.25) is 5.02 Å². The third-order valence-electron chi connectivity index (χ3n) is 5.52. The molecule has 3 heterocycles. The molecule has 0 aliphatic carbocycles. The topological polar surface area (TPSA) is 131 Å². The van der Waals surface area contributed by atoms with Crippen molar-refractivity contribution >= 4 is 29.1 Å². The van der Waals surface area contributed by atoms with Crippen LogP contribution in [0.5, 0.6) is 0 Å². The minimum Gasteiger partial charge on any atom is -0.463 e. The first-order valence-electron chi connectivity index (χ1n) is 11.3. The minimum atomic E-state index is -1.52. The fourth-order valence-electron chi connectivity index (χ4n) is 3.79. The van der Waals surface area contributed by atoms with Crippen LogP contribution in [0.4, 0.5) is 4.79 Å². The molecular formula is C25H28ClNO8S. The maximum absolute atomic E-state index is 11.9. The first kappa shape index (κ1) is 26.6. The van der Waals surface area contributed by atoms with Crippen molar-refractivity contribution in [2.45, 2.75) is 63.3 Å². The van der Waals surface area contributed by atoms with Crippen molar-refractivity contribution in [1.29, 1.82) is 0 Å². The largest absolute Gasteiger partial charge is 0.508 e. The van der Waals surface area contributed by atoms with E-state index < -0.39 is 42.3 Å². The Morgan fingerprint density at radius 1 is 1.17 bits per heavy atom. The van der Waals surface area contributed by atoms with Gasteiger partial charge in [-0.2, -0.15) is 0 Å². The second kappa shape index (κ2) is 10.9. The average Bonchev–Trinajstić information content (AvgIpc) is 3.50. The Morgan fingerprint density at radius 2 is 1.94 bits per heavy atom. The number of nitrogens with zero attached hydrogens (tertiary/aromatic N) is 1. The predicted molar refractivity (Wildman–Crippen MR) is 132 cm³/mol. The van der Waals surface area contributed by atoms with E-state index in [1.807, 2.05) is 12.1 Å². The van der Waals surface area contributed by atoms with Crippen molar-refractivity contribution in [3.8, 4) is 10.6 Å². The van der Waals surface area contributed by atoms with Crippen molar-refractivity contribution in [3.05, 3.63) is 63.9 Å². The van der Waals surface area contributed by atoms with Crippen LogP contribution >= 0.6 is 22.9 Å². The zero-order chi connectivity index (χ0) is 26.0. The molecule has 4 rings (SSSR count). The number of rotatable bonds is 6. The number of carbonyl (C=O) groups excluding carboxylic acids is 1. The van der Waals surface area contributed by atoms with Crippen molar-refractivity contribution in [2.24, 2.45) is 0 Å². The third kappa shape index (κ3) is 6.26. The molecule has 9 nitrogen and oxygen atoms in total. The van der Waals surface area contributed by atoms with Crippen molar-refractivity contribution < 1.29 is 38.7 Å². The zero-order valence-corrected chi connectivity index (χ0v) is 21.5. The molecule has 1 aliphatic heterocycles. The summed E-state index contributed by atoms with van der Waals surface area (Å²) < 4.78 is 21.5. The van der Waals surface area contributed by atoms with Crippen LogP contribution in [-0.2, 0) is 20.6 Å². The summed E-state index contributed by atoms with van der Waals surface area (Å²) >= 11 is 7.91. The number of carbonyl (C=O) groups is 1. The lowest BCUT2D eigenvalue weighted by Gasteiger charge is -2.40. The normalized spacial score (nSPS) is 24.5. The van der Waals surface area contributed by atoms with Gasteiger partial charge in [0.1, 0.15) is 48.5 Å². The molecule has 3 aromatic rings. The number of thiazole rings is 1. The Kier molecular flexibility index (Phi) is 8.03. The van der Waals surface area contributed by atoms with E-state index in [0.717, 1.165) is 21.2 Å². The molecule has 0 spiro atoms. The molecule has 1 aromatic carbocycles. The molecular weight excluding hydrogens is 510 g/mol. The van der Waals surface area contributed by atoms with Crippen LogP contribution in [0.25, 0.3) is 10.6 Å². The van der Waals surface area contributed by atoms with Gasteiger partial charge in [0.2, 0.25) is 0 Å². The summed E-state index contributed by atoms with van der Waals surface area (Å²) in [7, 11) is 0. The van der Waals surface area contributed by atoms with Crippen molar-refractivity contribution in [1.82, 2.24) is 4.98 Å². The Labute approximate surface area is 217 Å². The summed E-state index contributed by atoms with van der Waals surface area (Å²) in [5.74, 6) is 0.726. The van der Waals surface area contributed by atoms with Crippen LogP contribution in [-0.4, -0.2) is 63.1 Å². The smallest absolute Gasteiger partial charge is 0.463 e. The van der Waals surface area contributed by atoms with E-state index in [4.69, 9.17) is 30.2 Å². The predicted octanol–water partition coefficient (Wildman–Crippen LogP) is 4.12. The van der Waals surface area contributed by atoms with E-state index in [-0.39, 0.29) is 6.61 Å². The SMILES string of the molecule is CC(C)(C)OC(=O)OCC1OC(c2ccc(Cl)c(Cc3ncc(-c4ccco4)s3)c2)C(O)C(O)C1O. The van der Waals surface area contributed by atoms with Gasteiger partial charge in [0.15, 0.2) is 0 Å². The number of furan rings is 1. The first-order valence-corrected chi connectivity index (χ1v) is 12.5. The molecule has 1 saturated heterocycles. The van der Waals surface area contributed by atoms with Crippen LogP contribution in [0.15, 0.2) is 47.2 Å². The molecule has 1 fully saturated rings. The molecule has 1 aliphatic rings. The standard InChI is InChI=1S/C25H28ClNO8S/c1-25(2,3)35-24(31)33-12-17-20(28)21(29)22(30)23(34-17)13-6-7-15(26)14(9-13)10-19-27-11-18(36-19)16-5-4-8-32-16/h4-9,11,17,20-23,28-30H,10,12H2,1-3H3. The van der Waals surface area contributed by atoms with E-state index in [9.17, 15) is 20.1 Å². The molecule has 0 bridgehead atoms. The van der Waals surface area contributed by atoms with Crippen molar-refractivity contribution in [2.75, 3.05) is 6.61 Å². The number of hydrogen-bond acceptors (Lipinski definition) is 10. The fourth-order valence-corrected chi connectivity index (χ4v) is 4.88. The zero-order valence-electron chi connectivity index (χ0n) is 20.0. The Balaban J connectivity index is 1.49. The number of aliphatic hydroxyl groups is 3. The van der Waals surface area contributed by atoms with Gasteiger partial charge in [-0.05, 0) is 50.1 Å². The lowest BCUT2D eigenvalue weighted by molar-refractivity contribution is -0.233. The number of aliphatic hydroxyl groups excluding tert-OH is 3. The lowest BCUT2D eigenvalue weighted by Crippen LogP contribution is -2.55. The summed E-state index contributed by atoms with van der Waals surface area (Å²) in [4.78, 5) is 17.3. The van der Waals surface area contributed by atoms with Crippen molar-refractivity contribution in [3.63, 3.8) is 0 Å². The van der Waals surface area contributed by atoms with E-state index in [1.54, 1.807) is 51.4 Å². The van der Waals surface area contributed by atoms with Crippen LogP contribution in [0.3, 0.4) is 0 Å². The van der Waals surface area contributed by atoms with Crippen LogP contribution in [0.1, 0.15) is 43.0 Å². The van der Waals surface area contributed by atoms with E-state index >= 15 is 0 Å². The molecule has 0 radical (unpaired) electrons. The molecule has 5 unspecified atom stereocenters. The second-order valence-electron chi connectivity index (χ2n) is 9.47. The fraction of sp³-hybridized carbons (Fsp3) is 0.440. The summed E-state index contributed by atoms with van der Waals surface area (Å²) in [6.45, 7) is 4.71. The Bertz CT molecular complexity index is 1180. The monoisotopic (exact) mass is 537 g/mol. The Hall–Kier alpha value is -2.47. The molecule has 3 N–H and O–H groups in total. The number of benzene rings is 1. The highest BCUT2D eigenvalue weighted by Crippen LogP contribution is 2.35. The number of aromatic nitrogens is 1. The number of ether oxygens (including phenoxy) is 3. The van der Waals surface area contributed by atoms with Crippen LogP contribution < -0.4 is 0 Å². The summed E-state index contributed by atoms with van der Waals surface area (Å²) in [5, 5.41) is 32.8. The number of halogens is 1. The third-order valence-corrected chi connectivity index (χ3v) is 6.91. The quantitative estimate of drug-likeness (QED) is 0.397. The van der Waals surface area contributed by atoms with Gasteiger partial charge in [0.05, 0.1) is 16.1 Å². The molecule has 0 saturated carbocycles. The molecule has 5 atom stereocenters. The maximum atomic E-state index is 11.9. The first-order chi connectivity index (χ1) is 17.0. The molecule has 194 valence electrons. The molecule has 36 heavy (non-hydrogen) atoms. The van der Waals surface area contributed by atoms with Gasteiger partial charge >= 0.3 is 6.16 Å². The van der Waals surface area contributed by atoms with E-state index in [2.05, 4.69) is 4.98 Å². The van der Waals surface area contributed by atoms with E-state index in [0.29, 0.717) is 17.0 Å². The minimum absolute atomic E-state index is 0.370. The lowest BCUT2D eigenvalue weighted by atomic mass is 9.90. The summed E-state index contributed by atoms with van der Waals surface area (Å²) in [5.41, 5.74) is 0.530. The summed E-state index contributed by atoms with van der Waals surface area (Å²) in [6.07, 6.45) is -3.67. The highest BCUT2D eigenvalue weighted by molar-refractivity contribution is 7.15. The Morgan fingerprint density at radius 3 is 2.64 bits per heavy atom. The van der Waals surface area contributed by atoms with Gasteiger partial charge in [-0.25, -0.2) is 9.78 Å². The highest BCUT2D eigenvalue weighted by Gasteiger charge is 2.45. The second-order valence-corrected chi connectivity index (χ2v) is 11.0. The maximum Gasteiger partial charge on any atom is 0.508 e.